The molecule has 34 heavy (non-hydrogen) atoms. The highest BCUT2D eigenvalue weighted by molar-refractivity contribution is 14.1. The highest BCUT2D eigenvalue weighted by Crippen LogP contribution is 2.37. The number of para-hydroxylation sites is 1. The van der Waals surface area contributed by atoms with Crippen LogP contribution in [0.25, 0.3) is 11.0 Å². The van der Waals surface area contributed by atoms with Crippen molar-refractivity contribution in [1.82, 2.24) is 0 Å². The third-order valence-electron chi connectivity index (χ3n) is 6.33. The quantitative estimate of drug-likeness (QED) is 0.137. The molecule has 0 atom stereocenters. The maximum Gasteiger partial charge on any atom is 0.306 e. The second-order valence-corrected chi connectivity index (χ2v) is 15.9. The largest absolute Gasteiger partial charge is 0.489 e. The maximum atomic E-state index is 11.7. The van der Waals surface area contributed by atoms with Crippen molar-refractivity contribution in [3.63, 3.8) is 0 Å². The van der Waals surface area contributed by atoms with E-state index >= 15 is 0 Å². The Morgan fingerprint density at radius 1 is 1.09 bits per heavy atom. The molecule has 0 fully saturated rings. The standard InChI is InChI=1S/C27H35IO5Si/c1-7-30-25(29)13-12-20-10-8-9-11-24(20)31-17-19-14-21-16-22(33-26(21)23(28)15-19)18-32-34(5,6)27(2,3)4/h8-11,14-16H,7,12-13,17-18H2,1-6H3. The van der Waals surface area contributed by atoms with Gasteiger partial charge < -0.3 is 18.3 Å². The SMILES string of the molecule is CCOC(=O)CCc1ccccc1OCc1cc(I)c2oc(CO[Si](C)(C)C(C)(C)C)cc2c1. The van der Waals surface area contributed by atoms with E-state index in [0.29, 0.717) is 32.7 Å². The minimum Gasteiger partial charge on any atom is -0.489 e. The molecular weight excluding hydrogens is 559 g/mol. The van der Waals surface area contributed by atoms with Crippen LogP contribution in [0.1, 0.15) is 51.0 Å². The number of hydrogen-bond donors (Lipinski definition) is 0. The third kappa shape index (κ3) is 6.85. The Kier molecular flexibility index (Phi) is 8.86. The van der Waals surface area contributed by atoms with Gasteiger partial charge in [-0.25, -0.2) is 0 Å². The Bertz CT molecular complexity index is 1130. The fourth-order valence-corrected chi connectivity index (χ4v) is 5.08. The molecule has 0 N–H and O–H groups in total. The highest BCUT2D eigenvalue weighted by Gasteiger charge is 2.37. The van der Waals surface area contributed by atoms with E-state index in [1.54, 1.807) is 0 Å². The second kappa shape index (κ2) is 11.3. The van der Waals surface area contributed by atoms with Crippen LogP contribution in [-0.2, 0) is 33.6 Å². The van der Waals surface area contributed by atoms with Gasteiger partial charge in [0.15, 0.2) is 8.32 Å². The molecule has 0 aliphatic heterocycles. The summed E-state index contributed by atoms with van der Waals surface area (Å²) in [6, 6.07) is 14.1. The third-order valence-corrected chi connectivity index (χ3v) is 11.6. The zero-order valence-corrected chi connectivity index (χ0v) is 24.2. The van der Waals surface area contributed by atoms with Crippen LogP contribution in [0.15, 0.2) is 46.9 Å². The molecule has 5 nitrogen and oxygen atoms in total. The molecular formula is C27H35IO5Si. The number of carbonyl (C=O) groups excluding carboxylic acids is 1. The zero-order valence-electron chi connectivity index (χ0n) is 21.0. The molecule has 7 heteroatoms. The lowest BCUT2D eigenvalue weighted by atomic mass is 10.1. The van der Waals surface area contributed by atoms with Crippen LogP contribution in [0, 0.1) is 3.57 Å². The van der Waals surface area contributed by atoms with Crippen LogP contribution < -0.4 is 4.74 Å². The Balaban J connectivity index is 1.69. The lowest BCUT2D eigenvalue weighted by Crippen LogP contribution is -2.40. The molecule has 0 saturated carbocycles. The molecule has 2 aromatic carbocycles. The topological polar surface area (TPSA) is 57.9 Å². The molecule has 0 aliphatic carbocycles. The van der Waals surface area contributed by atoms with Crippen molar-refractivity contribution in [3.05, 3.63) is 62.9 Å². The predicted molar refractivity (Wildman–Crippen MR) is 147 cm³/mol. The van der Waals surface area contributed by atoms with E-state index in [1.807, 2.05) is 31.2 Å². The van der Waals surface area contributed by atoms with Gasteiger partial charge in [0.1, 0.15) is 23.7 Å². The summed E-state index contributed by atoms with van der Waals surface area (Å²) in [6.45, 7) is 14.4. The average Bonchev–Trinajstić information content (AvgIpc) is 3.19. The van der Waals surface area contributed by atoms with E-state index in [4.69, 9.17) is 18.3 Å². The van der Waals surface area contributed by atoms with Crippen LogP contribution in [0.3, 0.4) is 0 Å². The number of ether oxygens (including phenoxy) is 2. The Labute approximate surface area is 217 Å². The summed E-state index contributed by atoms with van der Waals surface area (Å²) < 4.78 is 24.7. The summed E-state index contributed by atoms with van der Waals surface area (Å²) in [4.78, 5) is 11.7. The van der Waals surface area contributed by atoms with E-state index in [-0.39, 0.29) is 11.0 Å². The number of carbonyl (C=O) groups is 1. The first-order valence-electron chi connectivity index (χ1n) is 11.7. The average molecular weight is 595 g/mol. The van der Waals surface area contributed by atoms with Crippen molar-refractivity contribution in [2.24, 2.45) is 0 Å². The van der Waals surface area contributed by atoms with Crippen molar-refractivity contribution in [1.29, 1.82) is 0 Å². The number of furan rings is 1. The van der Waals surface area contributed by atoms with Gasteiger partial charge in [-0.05, 0) is 89.5 Å². The molecule has 0 spiro atoms. The summed E-state index contributed by atoms with van der Waals surface area (Å²) in [5.74, 6) is 1.45. The summed E-state index contributed by atoms with van der Waals surface area (Å²) in [5.41, 5.74) is 2.95. The molecule has 0 aliphatic rings. The van der Waals surface area contributed by atoms with E-state index in [1.165, 1.54) is 0 Å². The number of fused-ring (bicyclic) bond motifs is 1. The predicted octanol–water partition coefficient (Wildman–Crippen LogP) is 7.63. The summed E-state index contributed by atoms with van der Waals surface area (Å²) >= 11 is 2.31. The fourth-order valence-electron chi connectivity index (χ4n) is 3.33. The van der Waals surface area contributed by atoms with Gasteiger partial charge in [-0.15, -0.1) is 0 Å². The second-order valence-electron chi connectivity index (χ2n) is 9.96. The number of halogens is 1. The first kappa shape index (κ1) is 26.8. The van der Waals surface area contributed by atoms with Gasteiger partial charge in [-0.1, -0.05) is 39.0 Å². The van der Waals surface area contributed by atoms with Crippen molar-refractivity contribution in [2.75, 3.05) is 6.61 Å². The van der Waals surface area contributed by atoms with E-state index < -0.39 is 8.32 Å². The van der Waals surface area contributed by atoms with Crippen molar-refractivity contribution in [3.8, 4) is 5.75 Å². The van der Waals surface area contributed by atoms with E-state index in [9.17, 15) is 4.79 Å². The molecule has 184 valence electrons. The highest BCUT2D eigenvalue weighted by atomic mass is 127. The van der Waals surface area contributed by atoms with Gasteiger partial charge in [0.2, 0.25) is 0 Å². The molecule has 3 aromatic rings. The first-order valence-corrected chi connectivity index (χ1v) is 15.7. The Morgan fingerprint density at radius 3 is 2.53 bits per heavy atom. The minimum absolute atomic E-state index is 0.157. The molecule has 0 amide bonds. The molecule has 1 heterocycles. The molecule has 0 radical (unpaired) electrons. The normalized spacial score (nSPS) is 12.2. The van der Waals surface area contributed by atoms with Crippen LogP contribution >= 0.6 is 22.6 Å². The zero-order chi connectivity index (χ0) is 24.9. The van der Waals surface area contributed by atoms with Gasteiger partial charge in [0, 0.05) is 11.8 Å². The van der Waals surface area contributed by atoms with E-state index in [2.05, 4.69) is 74.7 Å². The number of benzene rings is 2. The molecule has 0 saturated heterocycles. The molecule has 0 bridgehead atoms. The maximum absolute atomic E-state index is 11.7. The van der Waals surface area contributed by atoms with Crippen LogP contribution in [0.5, 0.6) is 5.75 Å². The fraction of sp³-hybridized carbons (Fsp3) is 0.444. The van der Waals surface area contributed by atoms with Gasteiger partial charge in [0.05, 0.1) is 16.8 Å². The molecule has 3 rings (SSSR count). The number of aryl methyl sites for hydroxylation is 1. The van der Waals surface area contributed by atoms with Crippen LogP contribution in [-0.4, -0.2) is 20.9 Å². The van der Waals surface area contributed by atoms with Crippen LogP contribution in [0.4, 0.5) is 0 Å². The molecule has 0 unspecified atom stereocenters. The van der Waals surface area contributed by atoms with Gasteiger partial charge in [0.25, 0.3) is 0 Å². The number of rotatable bonds is 10. The Morgan fingerprint density at radius 2 is 1.82 bits per heavy atom. The summed E-state index contributed by atoms with van der Waals surface area (Å²) in [6.07, 6.45) is 0.928. The van der Waals surface area contributed by atoms with Crippen molar-refractivity contribution >= 4 is 47.8 Å². The lowest BCUT2D eigenvalue weighted by Gasteiger charge is -2.35. The lowest BCUT2D eigenvalue weighted by molar-refractivity contribution is -0.143. The summed E-state index contributed by atoms with van der Waals surface area (Å²) in [7, 11) is -1.85. The van der Waals surface area contributed by atoms with Gasteiger partial charge in [-0.3, -0.25) is 4.79 Å². The number of esters is 1. The smallest absolute Gasteiger partial charge is 0.306 e. The Hall–Kier alpha value is -1.84. The van der Waals surface area contributed by atoms with E-state index in [0.717, 1.165) is 37.2 Å². The van der Waals surface area contributed by atoms with Gasteiger partial charge in [-0.2, -0.15) is 0 Å². The van der Waals surface area contributed by atoms with Crippen molar-refractivity contribution < 1.29 is 23.1 Å². The minimum atomic E-state index is -1.85. The van der Waals surface area contributed by atoms with Gasteiger partial charge >= 0.3 is 5.97 Å². The molecule has 1 aromatic heterocycles. The summed E-state index contributed by atoms with van der Waals surface area (Å²) in [5, 5.41) is 1.21. The monoisotopic (exact) mass is 594 g/mol. The van der Waals surface area contributed by atoms with Crippen LogP contribution in [0.2, 0.25) is 18.1 Å². The van der Waals surface area contributed by atoms with Crippen molar-refractivity contribution in [2.45, 2.75) is 71.9 Å². The first-order chi connectivity index (χ1) is 16.0. The number of hydrogen-bond acceptors (Lipinski definition) is 5.